The Labute approximate surface area is 185 Å². The van der Waals surface area contributed by atoms with E-state index in [0.29, 0.717) is 24.2 Å². The van der Waals surface area contributed by atoms with Crippen LogP contribution in [0, 0.1) is 11.6 Å². The van der Waals surface area contributed by atoms with Crippen LogP contribution in [0.3, 0.4) is 0 Å². The summed E-state index contributed by atoms with van der Waals surface area (Å²) in [5, 5.41) is 0.646. The van der Waals surface area contributed by atoms with Gasteiger partial charge in [0.25, 0.3) is 0 Å². The second kappa shape index (κ2) is 9.04. The van der Waals surface area contributed by atoms with Crippen molar-refractivity contribution in [2.75, 3.05) is 26.2 Å². The predicted octanol–water partition coefficient (Wildman–Crippen LogP) is 4.71. The lowest BCUT2D eigenvalue weighted by Gasteiger charge is -2.39. The van der Waals surface area contributed by atoms with Crippen LogP contribution in [0.25, 0.3) is 0 Å². The lowest BCUT2D eigenvalue weighted by Crippen LogP contribution is -2.49. The predicted molar refractivity (Wildman–Crippen MR) is 116 cm³/mol. The van der Waals surface area contributed by atoms with Crippen LogP contribution in [0.1, 0.15) is 17.2 Å². The minimum atomic E-state index is -4.05. The number of piperazine rings is 1. The molecule has 0 aliphatic carbocycles. The van der Waals surface area contributed by atoms with Crippen LogP contribution in [0.15, 0.2) is 77.7 Å². The zero-order valence-corrected chi connectivity index (χ0v) is 18.2. The van der Waals surface area contributed by atoms with Crippen molar-refractivity contribution >= 4 is 21.6 Å². The zero-order valence-electron chi connectivity index (χ0n) is 16.6. The average molecular weight is 463 g/mol. The van der Waals surface area contributed by atoms with Crippen LogP contribution in [-0.2, 0) is 10.0 Å². The lowest BCUT2D eigenvalue weighted by atomic mass is 9.96. The van der Waals surface area contributed by atoms with E-state index < -0.39 is 26.6 Å². The van der Waals surface area contributed by atoms with E-state index >= 15 is 0 Å². The van der Waals surface area contributed by atoms with Gasteiger partial charge in [-0.15, -0.1) is 0 Å². The van der Waals surface area contributed by atoms with E-state index in [-0.39, 0.29) is 19.1 Å². The fraction of sp³-hybridized carbons (Fsp3) is 0.217. The third-order valence-corrected chi connectivity index (χ3v) is 7.64. The summed E-state index contributed by atoms with van der Waals surface area (Å²) < 4.78 is 54.4. The van der Waals surface area contributed by atoms with Crippen molar-refractivity contribution in [1.29, 1.82) is 0 Å². The molecule has 1 fully saturated rings. The van der Waals surface area contributed by atoms with Crippen molar-refractivity contribution in [3.63, 3.8) is 0 Å². The van der Waals surface area contributed by atoms with Crippen molar-refractivity contribution in [2.24, 2.45) is 0 Å². The van der Waals surface area contributed by atoms with Crippen LogP contribution in [0.4, 0.5) is 8.78 Å². The summed E-state index contributed by atoms with van der Waals surface area (Å²) >= 11 is 6.06. The van der Waals surface area contributed by atoms with Crippen molar-refractivity contribution in [2.45, 2.75) is 10.9 Å². The highest BCUT2D eigenvalue weighted by Crippen LogP contribution is 2.31. The van der Waals surface area contributed by atoms with Crippen molar-refractivity contribution in [1.82, 2.24) is 9.21 Å². The largest absolute Gasteiger partial charge is 0.290 e. The summed E-state index contributed by atoms with van der Waals surface area (Å²) in [5.74, 6) is -1.89. The Morgan fingerprint density at radius 2 is 1.42 bits per heavy atom. The summed E-state index contributed by atoms with van der Waals surface area (Å²) in [6, 6.07) is 20.0. The second-order valence-corrected chi connectivity index (χ2v) is 9.72. The molecule has 1 atom stereocenters. The van der Waals surface area contributed by atoms with Crippen LogP contribution in [0.5, 0.6) is 0 Å². The summed E-state index contributed by atoms with van der Waals surface area (Å²) in [5.41, 5.74) is 2.14. The molecule has 4 nitrogen and oxygen atoms in total. The summed E-state index contributed by atoms with van der Waals surface area (Å²) in [6.45, 7) is 1.33. The molecule has 0 amide bonds. The second-order valence-electron chi connectivity index (χ2n) is 7.38. The topological polar surface area (TPSA) is 40.6 Å². The molecule has 0 radical (unpaired) electrons. The van der Waals surface area contributed by atoms with Crippen LogP contribution < -0.4 is 0 Å². The molecule has 0 spiro atoms. The van der Waals surface area contributed by atoms with Crippen LogP contribution in [0.2, 0.25) is 5.02 Å². The molecule has 3 aromatic rings. The van der Waals surface area contributed by atoms with E-state index in [0.717, 1.165) is 23.3 Å². The minimum absolute atomic E-state index is 0.0640. The summed E-state index contributed by atoms with van der Waals surface area (Å²) in [7, 11) is -4.05. The molecule has 1 heterocycles. The number of sulfonamides is 1. The van der Waals surface area contributed by atoms with Gasteiger partial charge < -0.3 is 0 Å². The van der Waals surface area contributed by atoms with E-state index in [2.05, 4.69) is 4.90 Å². The number of rotatable bonds is 5. The molecule has 0 N–H and O–H groups in total. The first-order chi connectivity index (χ1) is 14.9. The third-order valence-electron chi connectivity index (χ3n) is 5.45. The highest BCUT2D eigenvalue weighted by Gasteiger charge is 2.33. The first kappa shape index (κ1) is 21.9. The first-order valence-corrected chi connectivity index (χ1v) is 11.7. The molecule has 0 saturated carbocycles. The zero-order chi connectivity index (χ0) is 22.0. The molecule has 1 unspecified atom stereocenters. The van der Waals surface area contributed by atoms with Gasteiger partial charge in [0, 0.05) is 37.3 Å². The van der Waals surface area contributed by atoms with E-state index in [1.807, 2.05) is 54.6 Å². The maximum absolute atomic E-state index is 14.1. The number of hydrogen-bond acceptors (Lipinski definition) is 3. The Hall–Kier alpha value is -2.32. The maximum atomic E-state index is 14.1. The minimum Gasteiger partial charge on any atom is -0.290 e. The van der Waals surface area contributed by atoms with Crippen LogP contribution >= 0.6 is 11.6 Å². The fourth-order valence-corrected chi connectivity index (χ4v) is 5.51. The van der Waals surface area contributed by atoms with E-state index in [1.165, 1.54) is 4.31 Å². The van der Waals surface area contributed by atoms with Crippen LogP contribution in [-0.4, -0.2) is 43.8 Å². The maximum Gasteiger partial charge on any atom is 0.246 e. The SMILES string of the molecule is O=S(=O)(c1ccc(F)cc1F)N1CCN(C(c2ccccc2)c2ccc(Cl)cc2)CC1. The van der Waals surface area contributed by atoms with Gasteiger partial charge >= 0.3 is 0 Å². The molecule has 8 heteroatoms. The number of halogens is 3. The van der Waals surface area contributed by atoms with Gasteiger partial charge in [-0.3, -0.25) is 4.90 Å². The normalized spacial score (nSPS) is 16.9. The average Bonchev–Trinajstić information content (AvgIpc) is 2.76. The molecule has 3 aromatic carbocycles. The van der Waals surface area contributed by atoms with Gasteiger partial charge in [-0.25, -0.2) is 17.2 Å². The van der Waals surface area contributed by atoms with Gasteiger partial charge in [-0.1, -0.05) is 54.1 Å². The van der Waals surface area contributed by atoms with Gasteiger partial charge in [0.2, 0.25) is 10.0 Å². The molecule has 31 heavy (non-hydrogen) atoms. The molecule has 1 saturated heterocycles. The molecule has 1 aliphatic rings. The standard InChI is InChI=1S/C23H21ClF2N2O2S/c24-19-8-6-18(7-9-19)23(17-4-2-1-3-5-17)27-12-14-28(15-13-27)31(29,30)22-11-10-20(25)16-21(22)26/h1-11,16,23H,12-15H2. The Kier molecular flexibility index (Phi) is 6.39. The molecule has 4 rings (SSSR count). The van der Waals surface area contributed by atoms with E-state index in [1.54, 1.807) is 0 Å². The third kappa shape index (κ3) is 4.65. The Bertz CT molecular complexity index is 1150. The smallest absolute Gasteiger partial charge is 0.246 e. The van der Waals surface area contributed by atoms with Crippen molar-refractivity contribution in [3.8, 4) is 0 Å². The number of hydrogen-bond donors (Lipinski definition) is 0. The highest BCUT2D eigenvalue weighted by molar-refractivity contribution is 7.89. The first-order valence-electron chi connectivity index (χ1n) is 9.86. The number of benzene rings is 3. The van der Waals surface area contributed by atoms with Gasteiger partial charge in [0.15, 0.2) is 0 Å². The molecule has 1 aliphatic heterocycles. The Morgan fingerprint density at radius 3 is 2.03 bits per heavy atom. The fourth-order valence-electron chi connectivity index (χ4n) is 3.92. The summed E-state index contributed by atoms with van der Waals surface area (Å²) in [6.07, 6.45) is 0. The van der Waals surface area contributed by atoms with Crippen molar-refractivity contribution < 1.29 is 17.2 Å². The monoisotopic (exact) mass is 462 g/mol. The number of nitrogens with zero attached hydrogens (tertiary/aromatic N) is 2. The quantitative estimate of drug-likeness (QED) is 0.551. The lowest BCUT2D eigenvalue weighted by molar-refractivity contribution is 0.155. The Balaban J connectivity index is 1.57. The van der Waals surface area contributed by atoms with Gasteiger partial charge in [-0.05, 0) is 35.4 Å². The van der Waals surface area contributed by atoms with Gasteiger partial charge in [0.05, 0.1) is 6.04 Å². The van der Waals surface area contributed by atoms with Gasteiger partial charge in [-0.2, -0.15) is 4.31 Å². The van der Waals surface area contributed by atoms with E-state index in [4.69, 9.17) is 11.6 Å². The molecule has 0 aromatic heterocycles. The van der Waals surface area contributed by atoms with Gasteiger partial charge in [0.1, 0.15) is 16.5 Å². The molecule has 162 valence electrons. The summed E-state index contributed by atoms with van der Waals surface area (Å²) in [4.78, 5) is 1.70. The highest BCUT2D eigenvalue weighted by atomic mass is 35.5. The molecule has 0 bridgehead atoms. The van der Waals surface area contributed by atoms with Crippen molar-refractivity contribution in [3.05, 3.63) is 101 Å². The Morgan fingerprint density at radius 1 is 0.806 bits per heavy atom. The molecular formula is C23H21ClF2N2O2S. The van der Waals surface area contributed by atoms with E-state index in [9.17, 15) is 17.2 Å². The molecular weight excluding hydrogens is 442 g/mol.